The summed E-state index contributed by atoms with van der Waals surface area (Å²) in [6.45, 7) is 6.78. The Morgan fingerprint density at radius 3 is 2.00 bits per heavy atom. The first-order valence-electron chi connectivity index (χ1n) is 6.12. The second-order valence-corrected chi connectivity index (χ2v) is 4.41. The summed E-state index contributed by atoms with van der Waals surface area (Å²) >= 11 is 0. The van der Waals surface area contributed by atoms with Gasteiger partial charge in [-0.3, -0.25) is 14.4 Å². The van der Waals surface area contributed by atoms with Gasteiger partial charge in [0.05, 0.1) is 0 Å². The van der Waals surface area contributed by atoms with Gasteiger partial charge in [-0.1, -0.05) is 20.3 Å². The average Bonchev–Trinajstić information content (AvgIpc) is 2.33. The van der Waals surface area contributed by atoms with Crippen LogP contribution in [-0.2, 0) is 14.4 Å². The van der Waals surface area contributed by atoms with Gasteiger partial charge in [0.15, 0.2) is 0 Å². The molecular formula is C12H23N3O3. The summed E-state index contributed by atoms with van der Waals surface area (Å²) in [6.07, 6.45) is 0.757. The van der Waals surface area contributed by atoms with Crippen molar-refractivity contribution in [2.45, 2.75) is 46.2 Å². The molecule has 6 heteroatoms. The lowest BCUT2D eigenvalue weighted by Gasteiger charge is -2.24. The first-order chi connectivity index (χ1) is 8.33. The van der Waals surface area contributed by atoms with E-state index in [0.29, 0.717) is 0 Å². The summed E-state index contributed by atoms with van der Waals surface area (Å²) in [5.74, 6) is -0.862. The average molecular weight is 257 g/mol. The zero-order valence-corrected chi connectivity index (χ0v) is 11.7. The van der Waals surface area contributed by atoms with Crippen molar-refractivity contribution >= 4 is 17.7 Å². The summed E-state index contributed by atoms with van der Waals surface area (Å²) in [4.78, 5) is 34.4. The van der Waals surface area contributed by atoms with Gasteiger partial charge in [-0.25, -0.2) is 0 Å². The Labute approximate surface area is 108 Å². The van der Waals surface area contributed by atoms with Crippen LogP contribution in [0.3, 0.4) is 0 Å². The second-order valence-electron chi connectivity index (χ2n) is 4.41. The van der Waals surface area contributed by atoms with E-state index in [1.54, 1.807) is 6.92 Å². The number of carbonyl (C=O) groups is 3. The Bertz CT molecular complexity index is 318. The van der Waals surface area contributed by atoms with E-state index in [9.17, 15) is 14.4 Å². The van der Waals surface area contributed by atoms with Gasteiger partial charge >= 0.3 is 0 Å². The van der Waals surface area contributed by atoms with Crippen LogP contribution in [0.25, 0.3) is 0 Å². The number of amides is 3. The highest BCUT2D eigenvalue weighted by Gasteiger charge is 2.26. The Morgan fingerprint density at radius 2 is 1.61 bits per heavy atom. The minimum atomic E-state index is -0.622. The lowest BCUT2D eigenvalue weighted by atomic mass is 9.98. The molecule has 0 saturated carbocycles. The lowest BCUT2D eigenvalue weighted by molar-refractivity contribution is -0.132. The Hall–Kier alpha value is -1.59. The van der Waals surface area contributed by atoms with E-state index in [1.165, 1.54) is 14.0 Å². The lowest BCUT2D eigenvalue weighted by Crippen LogP contribution is -2.54. The maximum atomic E-state index is 12.0. The summed E-state index contributed by atoms with van der Waals surface area (Å²) in [5, 5.41) is 7.65. The molecule has 18 heavy (non-hydrogen) atoms. The highest BCUT2D eigenvalue weighted by atomic mass is 16.2. The van der Waals surface area contributed by atoms with Crippen LogP contribution in [0.4, 0.5) is 0 Å². The molecule has 0 aliphatic rings. The van der Waals surface area contributed by atoms with Crippen LogP contribution in [-0.4, -0.2) is 36.9 Å². The van der Waals surface area contributed by atoms with Crippen molar-refractivity contribution in [1.82, 2.24) is 16.0 Å². The topological polar surface area (TPSA) is 87.3 Å². The molecule has 0 aromatic heterocycles. The van der Waals surface area contributed by atoms with Crippen LogP contribution in [0.5, 0.6) is 0 Å². The molecule has 6 nitrogen and oxygen atoms in total. The summed E-state index contributed by atoms with van der Waals surface area (Å²) in [6, 6.07) is -1.23. The monoisotopic (exact) mass is 257 g/mol. The third kappa shape index (κ3) is 5.16. The molecule has 3 N–H and O–H groups in total. The highest BCUT2D eigenvalue weighted by molar-refractivity contribution is 5.91. The van der Waals surface area contributed by atoms with Gasteiger partial charge < -0.3 is 16.0 Å². The van der Waals surface area contributed by atoms with Crippen LogP contribution >= 0.6 is 0 Å². The fourth-order valence-electron chi connectivity index (χ4n) is 1.51. The van der Waals surface area contributed by atoms with Crippen molar-refractivity contribution in [1.29, 1.82) is 0 Å². The molecule has 0 unspecified atom stereocenters. The van der Waals surface area contributed by atoms with E-state index < -0.39 is 12.1 Å². The molecule has 0 fully saturated rings. The van der Waals surface area contributed by atoms with Gasteiger partial charge in [-0.05, 0) is 12.8 Å². The first-order valence-corrected chi connectivity index (χ1v) is 6.12. The molecule has 0 aliphatic carbocycles. The molecule has 3 amide bonds. The smallest absolute Gasteiger partial charge is 0.243 e. The van der Waals surface area contributed by atoms with Crippen molar-refractivity contribution in [3.63, 3.8) is 0 Å². The molecule has 0 aromatic carbocycles. The fourth-order valence-corrected chi connectivity index (χ4v) is 1.51. The zero-order chi connectivity index (χ0) is 14.3. The molecule has 0 saturated heterocycles. The minimum Gasteiger partial charge on any atom is -0.357 e. The molecule has 0 rings (SSSR count). The molecule has 3 atom stereocenters. The second kappa shape index (κ2) is 7.68. The standard InChI is InChI=1S/C12H23N3O3/c1-6-7(2)10(15-9(4)16)12(18)14-8(3)11(17)13-5/h7-8,10H,6H2,1-5H3,(H,13,17)(H,14,18)(H,15,16)/t7-,8-,10-/m0/s1. The largest absolute Gasteiger partial charge is 0.357 e. The molecule has 0 aliphatic heterocycles. The van der Waals surface area contributed by atoms with E-state index in [0.717, 1.165) is 6.42 Å². The van der Waals surface area contributed by atoms with E-state index in [1.807, 2.05) is 13.8 Å². The SMILES string of the molecule is CC[C@H](C)[C@H](NC(C)=O)C(=O)N[C@@H](C)C(=O)NC. The van der Waals surface area contributed by atoms with E-state index in [-0.39, 0.29) is 23.6 Å². The van der Waals surface area contributed by atoms with Gasteiger partial charge in [0, 0.05) is 14.0 Å². The van der Waals surface area contributed by atoms with E-state index in [4.69, 9.17) is 0 Å². The van der Waals surface area contributed by atoms with Crippen molar-refractivity contribution in [3.05, 3.63) is 0 Å². The maximum absolute atomic E-state index is 12.0. The van der Waals surface area contributed by atoms with Gasteiger partial charge in [-0.15, -0.1) is 0 Å². The normalized spacial score (nSPS) is 15.2. The Kier molecular flexibility index (Phi) is 7.00. The van der Waals surface area contributed by atoms with Crippen LogP contribution in [0.15, 0.2) is 0 Å². The summed E-state index contributed by atoms with van der Waals surface area (Å²) in [7, 11) is 1.50. The summed E-state index contributed by atoms with van der Waals surface area (Å²) in [5.41, 5.74) is 0. The third-order valence-corrected chi connectivity index (χ3v) is 2.85. The van der Waals surface area contributed by atoms with Crippen molar-refractivity contribution < 1.29 is 14.4 Å². The molecule has 0 heterocycles. The Morgan fingerprint density at radius 1 is 1.06 bits per heavy atom. The third-order valence-electron chi connectivity index (χ3n) is 2.85. The summed E-state index contributed by atoms with van der Waals surface area (Å²) < 4.78 is 0. The van der Waals surface area contributed by atoms with Crippen LogP contribution in [0.1, 0.15) is 34.1 Å². The van der Waals surface area contributed by atoms with Gasteiger partial charge in [0.25, 0.3) is 0 Å². The maximum Gasteiger partial charge on any atom is 0.243 e. The van der Waals surface area contributed by atoms with Gasteiger partial charge in [0.1, 0.15) is 12.1 Å². The quantitative estimate of drug-likeness (QED) is 0.615. The molecule has 104 valence electrons. The Balaban J connectivity index is 4.65. The predicted molar refractivity (Wildman–Crippen MR) is 68.7 cm³/mol. The molecule has 0 radical (unpaired) electrons. The van der Waals surface area contributed by atoms with Crippen molar-refractivity contribution in [3.8, 4) is 0 Å². The number of hydrogen-bond donors (Lipinski definition) is 3. The molecule has 0 aromatic rings. The van der Waals surface area contributed by atoms with Gasteiger partial charge in [0.2, 0.25) is 17.7 Å². The zero-order valence-electron chi connectivity index (χ0n) is 11.7. The number of likely N-dealkylation sites (N-methyl/N-ethyl adjacent to an activating group) is 1. The van der Waals surface area contributed by atoms with Gasteiger partial charge in [-0.2, -0.15) is 0 Å². The highest BCUT2D eigenvalue weighted by Crippen LogP contribution is 2.08. The predicted octanol–water partition coefficient (Wildman–Crippen LogP) is -0.212. The van der Waals surface area contributed by atoms with Crippen LogP contribution < -0.4 is 16.0 Å². The van der Waals surface area contributed by atoms with Crippen molar-refractivity contribution in [2.75, 3.05) is 7.05 Å². The van der Waals surface area contributed by atoms with Crippen molar-refractivity contribution in [2.24, 2.45) is 5.92 Å². The number of rotatable bonds is 6. The molecule has 0 spiro atoms. The van der Waals surface area contributed by atoms with E-state index >= 15 is 0 Å². The van der Waals surface area contributed by atoms with E-state index in [2.05, 4.69) is 16.0 Å². The number of hydrogen-bond acceptors (Lipinski definition) is 3. The molecular weight excluding hydrogens is 234 g/mol. The van der Waals surface area contributed by atoms with Crippen LogP contribution in [0, 0.1) is 5.92 Å². The van der Waals surface area contributed by atoms with Crippen LogP contribution in [0.2, 0.25) is 0 Å². The first kappa shape index (κ1) is 16.4. The fraction of sp³-hybridized carbons (Fsp3) is 0.750. The number of nitrogens with one attached hydrogen (secondary N) is 3. The minimum absolute atomic E-state index is 0.00536. The number of carbonyl (C=O) groups excluding carboxylic acids is 3. The molecule has 0 bridgehead atoms.